The van der Waals surface area contributed by atoms with E-state index in [1.54, 1.807) is 0 Å². The van der Waals surface area contributed by atoms with Gasteiger partial charge in [-0.15, -0.1) is 0 Å². The van der Waals surface area contributed by atoms with Gasteiger partial charge < -0.3 is 9.32 Å². The lowest BCUT2D eigenvalue weighted by Crippen LogP contribution is -2.10. The maximum atomic E-state index is 6.31. The normalized spacial score (nSPS) is 11.3. The first-order valence-corrected chi connectivity index (χ1v) is 18.4. The molecule has 2 heteroatoms. The second-order valence-corrected chi connectivity index (χ2v) is 13.7. The number of furan rings is 1. The van der Waals surface area contributed by atoms with Gasteiger partial charge in [-0.25, -0.2) is 0 Å². The van der Waals surface area contributed by atoms with Crippen LogP contribution in [0, 0.1) is 0 Å². The van der Waals surface area contributed by atoms with E-state index < -0.39 is 0 Å². The third-order valence-electron chi connectivity index (χ3n) is 10.5. The Bertz CT molecular complexity index is 2880. The minimum absolute atomic E-state index is 0.872. The van der Waals surface area contributed by atoms with Crippen LogP contribution in [0.1, 0.15) is 0 Å². The summed E-state index contributed by atoms with van der Waals surface area (Å²) in [5, 5.41) is 6.04. The molecule has 1 heterocycles. The zero-order chi connectivity index (χ0) is 35.8. The van der Waals surface area contributed by atoms with Crippen molar-refractivity contribution in [3.8, 4) is 44.7 Å². The number of hydrogen-bond donors (Lipinski definition) is 0. The quantitative estimate of drug-likeness (QED) is 0.166. The van der Waals surface area contributed by atoms with Gasteiger partial charge in [0.2, 0.25) is 0 Å². The molecule has 0 saturated carbocycles. The van der Waals surface area contributed by atoms with Gasteiger partial charge in [0.05, 0.1) is 5.69 Å². The van der Waals surface area contributed by atoms with Crippen LogP contribution in [-0.4, -0.2) is 0 Å². The van der Waals surface area contributed by atoms with Crippen molar-refractivity contribution in [1.29, 1.82) is 0 Å². The fourth-order valence-corrected chi connectivity index (χ4v) is 7.81. The van der Waals surface area contributed by atoms with Crippen LogP contribution in [0.25, 0.3) is 77.2 Å². The number of fused-ring (bicyclic) bond motifs is 3. The van der Waals surface area contributed by atoms with Gasteiger partial charge in [0.1, 0.15) is 11.3 Å². The molecule has 0 aliphatic rings. The molecule has 0 aliphatic heterocycles. The Morgan fingerprint density at radius 2 is 0.778 bits per heavy atom. The average molecular weight is 690 g/mol. The predicted octanol–water partition coefficient (Wildman–Crippen LogP) is 14.9. The van der Waals surface area contributed by atoms with Gasteiger partial charge in [0, 0.05) is 27.7 Å². The number of para-hydroxylation sites is 1. The highest BCUT2D eigenvalue weighted by Crippen LogP contribution is 2.42. The lowest BCUT2D eigenvalue weighted by Gasteiger charge is -2.27. The van der Waals surface area contributed by atoms with Gasteiger partial charge in [-0.1, -0.05) is 170 Å². The van der Waals surface area contributed by atoms with E-state index in [1.165, 1.54) is 43.8 Å². The fraction of sp³-hybridized carbons (Fsp3) is 0. The highest BCUT2D eigenvalue weighted by atomic mass is 16.3. The summed E-state index contributed by atoms with van der Waals surface area (Å²) in [6.07, 6.45) is 0. The summed E-state index contributed by atoms with van der Waals surface area (Å²) in [6.45, 7) is 0. The molecule has 254 valence electrons. The number of anilines is 3. The summed E-state index contributed by atoms with van der Waals surface area (Å²) in [4.78, 5) is 2.37. The molecule has 0 spiro atoms. The van der Waals surface area contributed by atoms with E-state index in [2.05, 4.69) is 199 Å². The van der Waals surface area contributed by atoms with Crippen LogP contribution in [0.2, 0.25) is 0 Å². The Labute approximate surface area is 314 Å². The average Bonchev–Trinajstić information content (AvgIpc) is 3.69. The van der Waals surface area contributed by atoms with E-state index in [1.807, 2.05) is 18.2 Å². The number of rotatable bonds is 7. The maximum Gasteiger partial charge on any atom is 0.136 e. The van der Waals surface area contributed by atoms with Crippen LogP contribution in [0.15, 0.2) is 217 Å². The Morgan fingerprint density at radius 3 is 1.48 bits per heavy atom. The summed E-state index contributed by atoms with van der Waals surface area (Å²) in [7, 11) is 0. The Hall–Kier alpha value is -7.16. The van der Waals surface area contributed by atoms with Gasteiger partial charge in [0.25, 0.3) is 0 Å². The standard InChI is InChI=1S/C52H35NO/c1-4-16-45-38(11-1)14-9-20-46(45)40-25-23-36(24-26-40)37-27-31-43(32-28-37)53(50-21-10-15-39-12-2-5-18-48(39)50)44-33-29-41(30-34-44)47-17-6-7-19-49(47)52-35-42-13-3-8-22-51(42)54-52/h1-35H. The van der Waals surface area contributed by atoms with E-state index >= 15 is 0 Å². The molecule has 1 aromatic heterocycles. The summed E-state index contributed by atoms with van der Waals surface area (Å²) >= 11 is 0. The summed E-state index contributed by atoms with van der Waals surface area (Å²) in [5.41, 5.74) is 12.4. The molecule has 54 heavy (non-hydrogen) atoms. The van der Waals surface area contributed by atoms with Crippen molar-refractivity contribution in [2.45, 2.75) is 0 Å². The van der Waals surface area contributed by atoms with E-state index in [0.29, 0.717) is 0 Å². The summed E-state index contributed by atoms with van der Waals surface area (Å²) < 4.78 is 6.31. The number of benzene rings is 9. The zero-order valence-corrected chi connectivity index (χ0v) is 29.6. The monoisotopic (exact) mass is 689 g/mol. The van der Waals surface area contributed by atoms with E-state index in [9.17, 15) is 0 Å². The van der Waals surface area contributed by atoms with E-state index in [0.717, 1.165) is 50.5 Å². The molecule has 0 fully saturated rings. The lowest BCUT2D eigenvalue weighted by atomic mass is 9.96. The summed E-state index contributed by atoms with van der Waals surface area (Å²) in [5.74, 6) is 0.872. The van der Waals surface area contributed by atoms with Crippen LogP contribution in [-0.2, 0) is 0 Å². The van der Waals surface area contributed by atoms with E-state index in [-0.39, 0.29) is 0 Å². The van der Waals surface area contributed by atoms with Crippen molar-refractivity contribution in [3.05, 3.63) is 212 Å². The summed E-state index contributed by atoms with van der Waals surface area (Å²) in [6, 6.07) is 75.8. The molecule has 0 saturated heterocycles. The van der Waals surface area contributed by atoms with Crippen LogP contribution in [0.5, 0.6) is 0 Å². The first kappa shape index (κ1) is 31.6. The van der Waals surface area contributed by atoms with Gasteiger partial charge in [-0.2, -0.15) is 0 Å². The molecule has 0 bridgehead atoms. The smallest absolute Gasteiger partial charge is 0.136 e. The molecule has 0 aliphatic carbocycles. The molecule has 10 aromatic rings. The molecule has 0 unspecified atom stereocenters. The number of nitrogens with zero attached hydrogens (tertiary/aromatic N) is 1. The maximum absolute atomic E-state index is 6.31. The largest absolute Gasteiger partial charge is 0.456 e. The molecule has 9 aromatic carbocycles. The van der Waals surface area contributed by atoms with Crippen molar-refractivity contribution >= 4 is 49.6 Å². The molecule has 0 N–H and O–H groups in total. The molecule has 2 nitrogen and oxygen atoms in total. The van der Waals surface area contributed by atoms with Crippen LogP contribution in [0.3, 0.4) is 0 Å². The minimum atomic E-state index is 0.872. The van der Waals surface area contributed by atoms with Crippen molar-refractivity contribution < 1.29 is 4.42 Å². The second-order valence-electron chi connectivity index (χ2n) is 13.7. The van der Waals surface area contributed by atoms with Crippen LogP contribution < -0.4 is 4.90 Å². The number of hydrogen-bond acceptors (Lipinski definition) is 2. The molecule has 0 amide bonds. The minimum Gasteiger partial charge on any atom is -0.456 e. The molecule has 0 atom stereocenters. The Morgan fingerprint density at radius 1 is 0.315 bits per heavy atom. The first-order chi connectivity index (χ1) is 26.8. The van der Waals surface area contributed by atoms with Crippen LogP contribution >= 0.6 is 0 Å². The van der Waals surface area contributed by atoms with Gasteiger partial charge in [-0.05, 0) is 92.0 Å². The topological polar surface area (TPSA) is 16.4 Å². The van der Waals surface area contributed by atoms with Gasteiger partial charge in [-0.3, -0.25) is 0 Å². The third-order valence-corrected chi connectivity index (χ3v) is 10.5. The molecular weight excluding hydrogens is 655 g/mol. The fourth-order valence-electron chi connectivity index (χ4n) is 7.81. The van der Waals surface area contributed by atoms with Crippen molar-refractivity contribution in [1.82, 2.24) is 0 Å². The molecule has 10 rings (SSSR count). The SMILES string of the molecule is c1ccc(-c2cc3ccccc3o2)c(-c2ccc(N(c3ccc(-c4ccc(-c5cccc6ccccc56)cc4)cc3)c3cccc4ccccc34)cc2)c1. The predicted molar refractivity (Wildman–Crippen MR) is 228 cm³/mol. The van der Waals surface area contributed by atoms with Crippen molar-refractivity contribution in [3.63, 3.8) is 0 Å². The molecule has 0 radical (unpaired) electrons. The zero-order valence-electron chi connectivity index (χ0n) is 29.6. The third kappa shape index (κ3) is 5.71. The highest BCUT2D eigenvalue weighted by molar-refractivity contribution is 6.00. The Kier molecular flexibility index (Phi) is 7.85. The lowest BCUT2D eigenvalue weighted by molar-refractivity contribution is 0.632. The van der Waals surface area contributed by atoms with E-state index in [4.69, 9.17) is 4.42 Å². The van der Waals surface area contributed by atoms with Gasteiger partial charge in [0.15, 0.2) is 0 Å². The first-order valence-electron chi connectivity index (χ1n) is 18.4. The van der Waals surface area contributed by atoms with Crippen LogP contribution in [0.4, 0.5) is 17.1 Å². The van der Waals surface area contributed by atoms with Crippen molar-refractivity contribution in [2.24, 2.45) is 0 Å². The molecular formula is C52H35NO. The Balaban J connectivity index is 1.01. The highest BCUT2D eigenvalue weighted by Gasteiger charge is 2.17. The van der Waals surface area contributed by atoms with Gasteiger partial charge >= 0.3 is 0 Å². The van der Waals surface area contributed by atoms with Crippen molar-refractivity contribution in [2.75, 3.05) is 4.90 Å². The second kappa shape index (κ2) is 13.4.